The molecule has 0 aromatic carbocycles. The van der Waals surface area contributed by atoms with Crippen LogP contribution in [0.25, 0.3) is 5.69 Å². The molecule has 0 saturated heterocycles. The molecule has 0 N–H and O–H groups in total. The SMILES string of the molecule is Fc1cncc(-n2nncc2CBr)c1. The summed E-state index contributed by atoms with van der Waals surface area (Å²) in [6.07, 6.45) is 4.29. The first-order valence-electron chi connectivity index (χ1n) is 3.87. The normalized spacial score (nSPS) is 10.4. The van der Waals surface area contributed by atoms with Gasteiger partial charge in [0, 0.05) is 11.4 Å². The number of aromatic nitrogens is 4. The van der Waals surface area contributed by atoms with E-state index in [1.807, 2.05) is 0 Å². The highest BCUT2D eigenvalue weighted by molar-refractivity contribution is 9.08. The van der Waals surface area contributed by atoms with Crippen molar-refractivity contribution in [3.8, 4) is 5.69 Å². The maximum Gasteiger partial charge on any atom is 0.143 e. The lowest BCUT2D eigenvalue weighted by atomic mass is 10.4. The minimum atomic E-state index is -0.390. The lowest BCUT2D eigenvalue weighted by molar-refractivity contribution is 0.617. The van der Waals surface area contributed by atoms with Crippen molar-refractivity contribution < 1.29 is 4.39 Å². The van der Waals surface area contributed by atoms with E-state index in [1.54, 1.807) is 6.20 Å². The highest BCUT2D eigenvalue weighted by Crippen LogP contribution is 2.11. The molecule has 0 aliphatic carbocycles. The molecule has 2 rings (SSSR count). The van der Waals surface area contributed by atoms with E-state index in [1.165, 1.54) is 16.9 Å². The lowest BCUT2D eigenvalue weighted by Gasteiger charge is -2.02. The summed E-state index contributed by atoms with van der Waals surface area (Å²) in [5.41, 5.74) is 1.41. The summed E-state index contributed by atoms with van der Waals surface area (Å²) in [6, 6.07) is 1.36. The summed E-state index contributed by atoms with van der Waals surface area (Å²) >= 11 is 3.29. The molecular formula is C8H6BrFN4. The van der Waals surface area contributed by atoms with Gasteiger partial charge in [-0.1, -0.05) is 21.1 Å². The summed E-state index contributed by atoms with van der Waals surface area (Å²) in [6.45, 7) is 0. The molecule has 0 aliphatic rings. The molecule has 0 unspecified atom stereocenters. The smallest absolute Gasteiger partial charge is 0.143 e. The largest absolute Gasteiger partial charge is 0.259 e. The van der Waals surface area contributed by atoms with Crippen LogP contribution in [0.3, 0.4) is 0 Å². The van der Waals surface area contributed by atoms with E-state index in [-0.39, 0.29) is 0 Å². The average Bonchev–Trinajstić information content (AvgIpc) is 2.65. The third kappa shape index (κ3) is 1.65. The number of alkyl halides is 1. The Morgan fingerprint density at radius 1 is 1.36 bits per heavy atom. The molecule has 0 spiro atoms. The number of hydrogen-bond acceptors (Lipinski definition) is 3. The quantitative estimate of drug-likeness (QED) is 0.769. The Hall–Kier alpha value is -1.30. The minimum Gasteiger partial charge on any atom is -0.259 e. The molecule has 0 amide bonds. The fourth-order valence-electron chi connectivity index (χ4n) is 1.08. The number of hydrogen-bond donors (Lipinski definition) is 0. The third-order valence-corrected chi connectivity index (χ3v) is 2.27. The van der Waals surface area contributed by atoms with Gasteiger partial charge in [0.2, 0.25) is 0 Å². The molecule has 4 nitrogen and oxygen atoms in total. The number of nitrogens with zero attached hydrogens (tertiary/aromatic N) is 4. The zero-order valence-electron chi connectivity index (χ0n) is 7.06. The van der Waals surface area contributed by atoms with Crippen LogP contribution in [0.1, 0.15) is 5.69 Å². The summed E-state index contributed by atoms with van der Waals surface area (Å²) < 4.78 is 14.4. The predicted molar refractivity (Wildman–Crippen MR) is 51.7 cm³/mol. The van der Waals surface area contributed by atoms with Gasteiger partial charge in [0.25, 0.3) is 0 Å². The molecule has 2 aromatic heterocycles. The highest BCUT2D eigenvalue weighted by Gasteiger charge is 2.05. The second kappa shape index (κ2) is 3.83. The molecule has 2 heterocycles. The van der Waals surface area contributed by atoms with Gasteiger partial charge in [-0.05, 0) is 0 Å². The van der Waals surface area contributed by atoms with Gasteiger partial charge in [0.15, 0.2) is 0 Å². The Bertz CT molecular complexity index is 442. The molecule has 6 heteroatoms. The zero-order valence-corrected chi connectivity index (χ0v) is 8.65. The first-order valence-corrected chi connectivity index (χ1v) is 5.00. The fraction of sp³-hybridized carbons (Fsp3) is 0.125. The van der Waals surface area contributed by atoms with E-state index < -0.39 is 5.82 Å². The van der Waals surface area contributed by atoms with Crippen molar-refractivity contribution in [2.24, 2.45) is 0 Å². The van der Waals surface area contributed by atoms with Crippen LogP contribution in [-0.4, -0.2) is 20.0 Å². The Morgan fingerprint density at radius 2 is 2.21 bits per heavy atom. The highest BCUT2D eigenvalue weighted by atomic mass is 79.9. The van der Waals surface area contributed by atoms with Crippen molar-refractivity contribution in [2.75, 3.05) is 0 Å². The van der Waals surface area contributed by atoms with Crippen molar-refractivity contribution in [2.45, 2.75) is 5.33 Å². The number of rotatable bonds is 2. The molecule has 0 aliphatic heterocycles. The maximum atomic E-state index is 12.9. The minimum absolute atomic E-state index is 0.390. The van der Waals surface area contributed by atoms with Crippen LogP contribution in [0.5, 0.6) is 0 Å². The molecule has 0 bridgehead atoms. The second-order valence-electron chi connectivity index (χ2n) is 2.63. The molecule has 0 atom stereocenters. The Morgan fingerprint density at radius 3 is 2.93 bits per heavy atom. The van der Waals surface area contributed by atoms with Crippen molar-refractivity contribution in [1.82, 2.24) is 20.0 Å². The standard InChI is InChI=1S/C8H6BrFN4/c9-2-8-5-12-13-14(8)7-1-6(10)3-11-4-7/h1,3-5H,2H2. The average molecular weight is 257 g/mol. The van der Waals surface area contributed by atoms with E-state index in [9.17, 15) is 4.39 Å². The third-order valence-electron chi connectivity index (χ3n) is 1.69. The molecular weight excluding hydrogens is 251 g/mol. The monoisotopic (exact) mass is 256 g/mol. The summed E-state index contributed by atoms with van der Waals surface area (Å²) in [5.74, 6) is -0.390. The summed E-state index contributed by atoms with van der Waals surface area (Å²) in [5, 5.41) is 8.17. The van der Waals surface area contributed by atoms with E-state index in [0.29, 0.717) is 11.0 Å². The van der Waals surface area contributed by atoms with Gasteiger partial charge >= 0.3 is 0 Å². The summed E-state index contributed by atoms with van der Waals surface area (Å²) in [7, 11) is 0. The topological polar surface area (TPSA) is 43.6 Å². The zero-order chi connectivity index (χ0) is 9.97. The Labute approximate surface area is 87.9 Å². The molecule has 2 aromatic rings. The van der Waals surface area contributed by atoms with Gasteiger partial charge in [0.1, 0.15) is 5.82 Å². The molecule has 14 heavy (non-hydrogen) atoms. The van der Waals surface area contributed by atoms with Gasteiger partial charge in [0.05, 0.1) is 30.0 Å². The maximum absolute atomic E-state index is 12.9. The van der Waals surface area contributed by atoms with Crippen LogP contribution in [0.2, 0.25) is 0 Å². The molecule has 0 saturated carbocycles. The lowest BCUT2D eigenvalue weighted by Crippen LogP contribution is -2.01. The van der Waals surface area contributed by atoms with Gasteiger partial charge in [-0.2, -0.15) is 0 Å². The van der Waals surface area contributed by atoms with E-state index in [4.69, 9.17) is 0 Å². The van der Waals surface area contributed by atoms with Gasteiger partial charge in [-0.3, -0.25) is 4.98 Å². The number of pyridine rings is 1. The first-order chi connectivity index (χ1) is 6.81. The van der Waals surface area contributed by atoms with Crippen LogP contribution in [0.4, 0.5) is 4.39 Å². The van der Waals surface area contributed by atoms with Gasteiger partial charge < -0.3 is 0 Å². The van der Waals surface area contributed by atoms with Crippen molar-refractivity contribution in [3.63, 3.8) is 0 Å². The number of halogens is 2. The van der Waals surface area contributed by atoms with Gasteiger partial charge in [-0.15, -0.1) is 5.10 Å². The van der Waals surface area contributed by atoms with E-state index in [0.717, 1.165) is 11.9 Å². The van der Waals surface area contributed by atoms with Crippen LogP contribution in [0.15, 0.2) is 24.7 Å². The van der Waals surface area contributed by atoms with Crippen LogP contribution in [0, 0.1) is 5.82 Å². The molecule has 0 radical (unpaired) electrons. The van der Waals surface area contributed by atoms with Crippen LogP contribution < -0.4 is 0 Å². The molecule has 0 fully saturated rings. The molecule has 72 valence electrons. The van der Waals surface area contributed by atoms with Crippen molar-refractivity contribution in [3.05, 3.63) is 36.2 Å². The van der Waals surface area contributed by atoms with Crippen molar-refractivity contribution >= 4 is 15.9 Å². The van der Waals surface area contributed by atoms with Crippen molar-refractivity contribution in [1.29, 1.82) is 0 Å². The first kappa shape index (κ1) is 9.26. The Balaban J connectivity index is 2.49. The van der Waals surface area contributed by atoms with E-state index >= 15 is 0 Å². The summed E-state index contributed by atoms with van der Waals surface area (Å²) in [4.78, 5) is 3.74. The van der Waals surface area contributed by atoms with Crippen LogP contribution >= 0.6 is 15.9 Å². The van der Waals surface area contributed by atoms with E-state index in [2.05, 4.69) is 31.2 Å². The predicted octanol–water partition coefficient (Wildman–Crippen LogP) is 1.70. The fourth-order valence-corrected chi connectivity index (χ4v) is 1.46. The van der Waals surface area contributed by atoms with Crippen LogP contribution in [-0.2, 0) is 5.33 Å². The Kier molecular flexibility index (Phi) is 2.53. The van der Waals surface area contributed by atoms with Gasteiger partial charge in [-0.25, -0.2) is 9.07 Å². The second-order valence-corrected chi connectivity index (χ2v) is 3.19.